The Morgan fingerprint density at radius 3 is 2.69 bits per heavy atom. The topological polar surface area (TPSA) is 12.9 Å². The largest absolute Gasteiger partial charge is 0.255 e. The summed E-state index contributed by atoms with van der Waals surface area (Å²) in [5.41, 5.74) is 1.88. The van der Waals surface area contributed by atoms with Gasteiger partial charge in [-0.1, -0.05) is 35.9 Å². The molecule has 63 valence electrons. The van der Waals surface area contributed by atoms with Gasteiger partial charge in [-0.25, -0.2) is 0 Å². The van der Waals surface area contributed by atoms with Crippen LogP contribution in [0.1, 0.15) is 0 Å². The van der Waals surface area contributed by atoms with Crippen molar-refractivity contribution in [3.63, 3.8) is 0 Å². The lowest BCUT2D eigenvalue weighted by Crippen LogP contribution is -1.81. The minimum Gasteiger partial charge on any atom is -0.255 e. The summed E-state index contributed by atoms with van der Waals surface area (Å²) < 4.78 is 0. The molecule has 0 N–H and O–H groups in total. The van der Waals surface area contributed by atoms with Gasteiger partial charge in [0.05, 0.1) is 10.7 Å². The van der Waals surface area contributed by atoms with Crippen LogP contribution in [0.25, 0.3) is 11.3 Å². The molecule has 0 aliphatic rings. The first-order valence-corrected chi connectivity index (χ1v) is 4.33. The molecule has 1 aromatic carbocycles. The van der Waals surface area contributed by atoms with Crippen molar-refractivity contribution in [1.29, 1.82) is 0 Å². The second-order valence-electron chi connectivity index (χ2n) is 2.64. The Bertz CT molecular complexity index is 381. The maximum absolute atomic E-state index is 5.73. The molecule has 0 unspecified atom stereocenters. The summed E-state index contributed by atoms with van der Waals surface area (Å²) >= 11 is 5.73. The zero-order chi connectivity index (χ0) is 9.10. The molecule has 0 aliphatic carbocycles. The second kappa shape index (κ2) is 3.58. The molecule has 0 bridgehead atoms. The highest BCUT2D eigenvalue weighted by molar-refractivity contribution is 6.30. The average Bonchev–Trinajstić information content (AvgIpc) is 2.20. The average molecular weight is 189 g/mol. The molecule has 0 aliphatic heterocycles. The van der Waals surface area contributed by atoms with E-state index >= 15 is 0 Å². The molecule has 1 radical (unpaired) electrons. The lowest BCUT2D eigenvalue weighted by molar-refractivity contribution is 1.32. The normalized spacial score (nSPS) is 9.92. The summed E-state index contributed by atoms with van der Waals surface area (Å²) in [4.78, 5) is 4.19. The number of hydrogen-bond acceptors (Lipinski definition) is 1. The smallest absolute Gasteiger partial charge is 0.0709 e. The van der Waals surface area contributed by atoms with Crippen LogP contribution in [-0.4, -0.2) is 4.98 Å². The third-order valence-corrected chi connectivity index (χ3v) is 1.94. The third kappa shape index (κ3) is 1.87. The van der Waals surface area contributed by atoms with Gasteiger partial charge in [0, 0.05) is 11.8 Å². The van der Waals surface area contributed by atoms with E-state index in [1.165, 1.54) is 0 Å². The van der Waals surface area contributed by atoms with Crippen molar-refractivity contribution >= 4 is 11.6 Å². The molecule has 0 spiro atoms. The highest BCUT2D eigenvalue weighted by Crippen LogP contribution is 2.16. The number of aromatic nitrogens is 1. The molecule has 1 aromatic heterocycles. The van der Waals surface area contributed by atoms with Crippen molar-refractivity contribution in [2.45, 2.75) is 0 Å². The van der Waals surface area contributed by atoms with Crippen molar-refractivity contribution in [2.24, 2.45) is 0 Å². The summed E-state index contributed by atoms with van der Waals surface area (Å²) in [7, 11) is 0. The van der Waals surface area contributed by atoms with E-state index in [4.69, 9.17) is 11.6 Å². The van der Waals surface area contributed by atoms with Gasteiger partial charge in [0.2, 0.25) is 0 Å². The van der Waals surface area contributed by atoms with Crippen molar-refractivity contribution < 1.29 is 0 Å². The van der Waals surface area contributed by atoms with E-state index in [-0.39, 0.29) is 0 Å². The van der Waals surface area contributed by atoms with E-state index in [1.54, 1.807) is 6.20 Å². The number of pyridine rings is 1. The van der Waals surface area contributed by atoms with Crippen LogP contribution < -0.4 is 0 Å². The molecule has 0 saturated carbocycles. The predicted molar refractivity (Wildman–Crippen MR) is 53.5 cm³/mol. The minimum absolute atomic E-state index is 0.652. The van der Waals surface area contributed by atoms with Crippen molar-refractivity contribution in [3.05, 3.63) is 53.7 Å². The monoisotopic (exact) mass is 188 g/mol. The van der Waals surface area contributed by atoms with E-state index in [9.17, 15) is 0 Å². The molecule has 13 heavy (non-hydrogen) atoms. The SMILES string of the molecule is Clc1ccc(-c2[c]cccc2)nc1. The van der Waals surface area contributed by atoms with Gasteiger partial charge >= 0.3 is 0 Å². The van der Waals surface area contributed by atoms with Gasteiger partial charge < -0.3 is 0 Å². The molecular weight excluding hydrogens is 182 g/mol. The first-order valence-electron chi connectivity index (χ1n) is 3.95. The van der Waals surface area contributed by atoms with E-state index in [0.29, 0.717) is 5.02 Å². The maximum Gasteiger partial charge on any atom is 0.0709 e. The van der Waals surface area contributed by atoms with Gasteiger partial charge in [-0.05, 0) is 18.2 Å². The lowest BCUT2D eigenvalue weighted by atomic mass is 10.1. The third-order valence-electron chi connectivity index (χ3n) is 1.71. The summed E-state index contributed by atoms with van der Waals surface area (Å²) in [5, 5.41) is 0.652. The van der Waals surface area contributed by atoms with E-state index < -0.39 is 0 Å². The van der Waals surface area contributed by atoms with E-state index in [1.807, 2.05) is 36.4 Å². The van der Waals surface area contributed by atoms with Crippen LogP contribution in [0.15, 0.2) is 42.6 Å². The molecule has 0 amide bonds. The Morgan fingerprint density at radius 2 is 2.08 bits per heavy atom. The van der Waals surface area contributed by atoms with Crippen LogP contribution in [0, 0.1) is 6.07 Å². The second-order valence-corrected chi connectivity index (χ2v) is 3.07. The van der Waals surface area contributed by atoms with Gasteiger partial charge in [-0.15, -0.1) is 0 Å². The van der Waals surface area contributed by atoms with Gasteiger partial charge in [-0.2, -0.15) is 0 Å². The van der Waals surface area contributed by atoms with Gasteiger partial charge in [0.15, 0.2) is 0 Å². The summed E-state index contributed by atoms with van der Waals surface area (Å²) in [5.74, 6) is 0. The van der Waals surface area contributed by atoms with Crippen LogP contribution >= 0.6 is 11.6 Å². The van der Waals surface area contributed by atoms with Crippen LogP contribution in [0.4, 0.5) is 0 Å². The molecule has 2 rings (SSSR count). The first kappa shape index (κ1) is 8.27. The Balaban J connectivity index is 2.42. The Hall–Kier alpha value is -1.34. The summed E-state index contributed by atoms with van der Waals surface area (Å²) in [6.07, 6.45) is 1.64. The molecule has 2 aromatic rings. The number of benzene rings is 1. The zero-order valence-electron chi connectivity index (χ0n) is 6.87. The highest BCUT2D eigenvalue weighted by atomic mass is 35.5. The number of hydrogen-bond donors (Lipinski definition) is 0. The van der Waals surface area contributed by atoms with Gasteiger partial charge in [-0.3, -0.25) is 4.98 Å². The zero-order valence-corrected chi connectivity index (χ0v) is 7.62. The van der Waals surface area contributed by atoms with Crippen molar-refractivity contribution in [3.8, 4) is 11.3 Å². The lowest BCUT2D eigenvalue weighted by Gasteiger charge is -1.98. The van der Waals surface area contributed by atoms with Crippen LogP contribution in [0.2, 0.25) is 5.02 Å². The van der Waals surface area contributed by atoms with Gasteiger partial charge in [0.25, 0.3) is 0 Å². The number of rotatable bonds is 1. The number of halogens is 1. The molecular formula is C11H7ClN. The van der Waals surface area contributed by atoms with Crippen molar-refractivity contribution in [1.82, 2.24) is 4.98 Å². The first-order chi connectivity index (χ1) is 6.36. The standard InChI is InChI=1S/C11H7ClN/c12-10-6-7-11(13-8-10)9-4-2-1-3-5-9/h1-4,6-8H. The quantitative estimate of drug-likeness (QED) is 0.670. The van der Waals surface area contributed by atoms with Crippen LogP contribution in [-0.2, 0) is 0 Å². The molecule has 0 fully saturated rings. The Kier molecular flexibility index (Phi) is 2.28. The molecule has 0 atom stereocenters. The molecule has 1 heterocycles. The number of nitrogens with zero attached hydrogens (tertiary/aromatic N) is 1. The van der Waals surface area contributed by atoms with Crippen LogP contribution in [0.3, 0.4) is 0 Å². The fraction of sp³-hybridized carbons (Fsp3) is 0. The fourth-order valence-corrected chi connectivity index (χ4v) is 1.20. The highest BCUT2D eigenvalue weighted by Gasteiger charge is 1.96. The summed E-state index contributed by atoms with van der Waals surface area (Å²) in [6.45, 7) is 0. The van der Waals surface area contributed by atoms with Crippen LogP contribution in [0.5, 0.6) is 0 Å². The minimum atomic E-state index is 0.652. The fourth-order valence-electron chi connectivity index (χ4n) is 1.09. The van der Waals surface area contributed by atoms with Crippen molar-refractivity contribution in [2.75, 3.05) is 0 Å². The van der Waals surface area contributed by atoms with E-state index in [0.717, 1.165) is 11.3 Å². The van der Waals surface area contributed by atoms with E-state index in [2.05, 4.69) is 11.1 Å². The molecule has 1 nitrogen and oxygen atoms in total. The Labute approximate surface area is 82.0 Å². The predicted octanol–water partition coefficient (Wildman–Crippen LogP) is 3.20. The molecule has 0 saturated heterocycles. The van der Waals surface area contributed by atoms with Gasteiger partial charge in [0.1, 0.15) is 0 Å². The summed E-state index contributed by atoms with van der Waals surface area (Å²) in [6, 6.07) is 14.5. The Morgan fingerprint density at radius 1 is 1.15 bits per heavy atom. The maximum atomic E-state index is 5.73. The molecule has 2 heteroatoms.